The van der Waals surface area contributed by atoms with Gasteiger partial charge in [0.1, 0.15) is 0 Å². The molecule has 4 nitrogen and oxygen atoms in total. The Morgan fingerprint density at radius 1 is 1.42 bits per heavy atom. The average molecular weight is 278 g/mol. The molecular formula is C14H18N2O2S. The van der Waals surface area contributed by atoms with E-state index in [-0.39, 0.29) is 11.7 Å². The van der Waals surface area contributed by atoms with Crippen LogP contribution in [-0.4, -0.2) is 47.0 Å². The maximum Gasteiger partial charge on any atom is 0.222 e. The van der Waals surface area contributed by atoms with Gasteiger partial charge in [-0.05, 0) is 18.9 Å². The Bertz CT molecular complexity index is 484. The van der Waals surface area contributed by atoms with Gasteiger partial charge >= 0.3 is 0 Å². The normalized spacial score (nSPS) is 26.7. The second kappa shape index (κ2) is 5.04. The molecule has 1 unspecified atom stereocenters. The minimum absolute atomic E-state index is 0.190. The topological polar surface area (TPSA) is 40.6 Å². The van der Waals surface area contributed by atoms with Crippen LogP contribution >= 0.6 is 11.8 Å². The van der Waals surface area contributed by atoms with Crippen LogP contribution in [0.15, 0.2) is 22.8 Å². The molecule has 5 heteroatoms. The van der Waals surface area contributed by atoms with E-state index in [0.29, 0.717) is 18.2 Å². The number of carbonyl (C=O) groups is 2. The lowest BCUT2D eigenvalue weighted by Crippen LogP contribution is -2.31. The van der Waals surface area contributed by atoms with Crippen LogP contribution in [0, 0.1) is 0 Å². The third-order valence-electron chi connectivity index (χ3n) is 3.93. The zero-order valence-corrected chi connectivity index (χ0v) is 11.9. The SMILES string of the molecule is CN1C2=CCC(=O)C=C2SC1CCN1CCCC1=O. The van der Waals surface area contributed by atoms with Gasteiger partial charge in [-0.15, -0.1) is 0 Å². The molecule has 2 aliphatic heterocycles. The Morgan fingerprint density at radius 2 is 2.26 bits per heavy atom. The number of amides is 1. The summed E-state index contributed by atoms with van der Waals surface area (Å²) < 4.78 is 0. The van der Waals surface area contributed by atoms with Crippen LogP contribution in [0.1, 0.15) is 25.7 Å². The summed E-state index contributed by atoms with van der Waals surface area (Å²) in [6.45, 7) is 1.74. The van der Waals surface area contributed by atoms with E-state index in [1.165, 1.54) is 5.70 Å². The van der Waals surface area contributed by atoms with Gasteiger partial charge in [0.15, 0.2) is 5.78 Å². The van der Waals surface area contributed by atoms with Gasteiger partial charge in [0.2, 0.25) is 5.91 Å². The van der Waals surface area contributed by atoms with Crippen LogP contribution in [0.25, 0.3) is 0 Å². The molecule has 0 spiro atoms. The maximum atomic E-state index is 11.6. The number of hydrogen-bond donors (Lipinski definition) is 0. The van der Waals surface area contributed by atoms with Crippen LogP contribution in [0.5, 0.6) is 0 Å². The highest BCUT2D eigenvalue weighted by atomic mass is 32.2. The smallest absolute Gasteiger partial charge is 0.222 e. The molecule has 0 aromatic rings. The number of nitrogens with zero attached hydrogens (tertiary/aromatic N) is 2. The van der Waals surface area contributed by atoms with Crippen molar-refractivity contribution in [3.8, 4) is 0 Å². The van der Waals surface area contributed by atoms with Crippen molar-refractivity contribution in [2.75, 3.05) is 20.1 Å². The molecule has 19 heavy (non-hydrogen) atoms. The van der Waals surface area contributed by atoms with Gasteiger partial charge in [0.05, 0.1) is 5.37 Å². The molecule has 3 rings (SSSR count). The van der Waals surface area contributed by atoms with E-state index >= 15 is 0 Å². The minimum atomic E-state index is 0.190. The van der Waals surface area contributed by atoms with E-state index in [1.807, 2.05) is 11.0 Å². The third kappa shape index (κ3) is 2.43. The van der Waals surface area contributed by atoms with Crippen LogP contribution in [0.2, 0.25) is 0 Å². The predicted octanol–water partition coefficient (Wildman–Crippen LogP) is 1.74. The second-order valence-electron chi connectivity index (χ2n) is 5.22. The number of rotatable bonds is 3. The summed E-state index contributed by atoms with van der Waals surface area (Å²) in [5.74, 6) is 0.478. The molecule has 2 heterocycles. The molecule has 3 aliphatic rings. The minimum Gasteiger partial charge on any atom is -0.362 e. The first-order valence-electron chi connectivity index (χ1n) is 6.77. The molecule has 1 aliphatic carbocycles. The van der Waals surface area contributed by atoms with Gasteiger partial charge in [0, 0.05) is 43.6 Å². The van der Waals surface area contributed by atoms with Crippen LogP contribution in [0.4, 0.5) is 0 Å². The van der Waals surface area contributed by atoms with E-state index < -0.39 is 0 Å². The van der Waals surface area contributed by atoms with Crippen molar-refractivity contribution in [3.05, 3.63) is 22.8 Å². The third-order valence-corrected chi connectivity index (χ3v) is 5.34. The number of allylic oxidation sites excluding steroid dienone is 2. The number of fused-ring (bicyclic) bond motifs is 1. The molecule has 1 atom stereocenters. The van der Waals surface area contributed by atoms with Crippen molar-refractivity contribution < 1.29 is 9.59 Å². The van der Waals surface area contributed by atoms with Crippen molar-refractivity contribution in [2.24, 2.45) is 0 Å². The lowest BCUT2D eigenvalue weighted by atomic mass is 10.1. The quantitative estimate of drug-likeness (QED) is 0.788. The number of carbonyl (C=O) groups excluding carboxylic acids is 2. The van der Waals surface area contributed by atoms with Gasteiger partial charge in [-0.1, -0.05) is 17.8 Å². The molecule has 2 fully saturated rings. The fourth-order valence-electron chi connectivity index (χ4n) is 2.83. The standard InChI is InChI=1S/C14H18N2O2S/c1-15-11-5-4-10(17)9-12(11)19-14(15)6-8-16-7-2-3-13(16)18/h5,9,14H,2-4,6-8H2,1H3. The number of hydrogen-bond acceptors (Lipinski definition) is 4. The summed E-state index contributed by atoms with van der Waals surface area (Å²) in [6.07, 6.45) is 6.95. The summed E-state index contributed by atoms with van der Waals surface area (Å²) >= 11 is 1.75. The average Bonchev–Trinajstić information content (AvgIpc) is 2.91. The van der Waals surface area contributed by atoms with E-state index in [0.717, 1.165) is 30.8 Å². The zero-order valence-electron chi connectivity index (χ0n) is 11.1. The molecule has 1 amide bonds. The lowest BCUT2D eigenvalue weighted by molar-refractivity contribution is -0.127. The molecule has 102 valence electrons. The van der Waals surface area contributed by atoms with E-state index in [9.17, 15) is 9.59 Å². The van der Waals surface area contributed by atoms with Gasteiger partial charge in [-0.2, -0.15) is 0 Å². The van der Waals surface area contributed by atoms with E-state index in [2.05, 4.69) is 11.9 Å². The Hall–Kier alpha value is -1.23. The molecule has 0 saturated carbocycles. The largest absolute Gasteiger partial charge is 0.362 e. The monoisotopic (exact) mass is 278 g/mol. The van der Waals surface area contributed by atoms with Crippen molar-refractivity contribution in [1.82, 2.24) is 9.80 Å². The number of thioether (sulfide) groups is 1. The Morgan fingerprint density at radius 3 is 3.00 bits per heavy atom. The fraction of sp³-hybridized carbons (Fsp3) is 0.571. The first-order chi connectivity index (χ1) is 9.15. The highest BCUT2D eigenvalue weighted by Crippen LogP contribution is 2.43. The van der Waals surface area contributed by atoms with Crippen molar-refractivity contribution >= 4 is 23.5 Å². The van der Waals surface area contributed by atoms with Crippen LogP contribution < -0.4 is 0 Å². The summed E-state index contributed by atoms with van der Waals surface area (Å²) in [7, 11) is 2.08. The van der Waals surface area contributed by atoms with Gasteiger partial charge < -0.3 is 9.80 Å². The van der Waals surface area contributed by atoms with Crippen LogP contribution in [-0.2, 0) is 9.59 Å². The first kappa shape index (κ1) is 12.8. The Kier molecular flexibility index (Phi) is 3.39. The molecule has 0 N–H and O–H groups in total. The van der Waals surface area contributed by atoms with Crippen molar-refractivity contribution in [2.45, 2.75) is 31.1 Å². The molecule has 0 aromatic heterocycles. The summed E-state index contributed by atoms with van der Waals surface area (Å²) in [5.41, 5.74) is 1.18. The first-order valence-corrected chi connectivity index (χ1v) is 7.65. The fourth-order valence-corrected chi connectivity index (χ4v) is 4.16. The lowest BCUT2D eigenvalue weighted by Gasteiger charge is -2.24. The molecule has 2 saturated heterocycles. The maximum absolute atomic E-state index is 11.6. The van der Waals surface area contributed by atoms with Crippen molar-refractivity contribution in [3.63, 3.8) is 0 Å². The highest BCUT2D eigenvalue weighted by Gasteiger charge is 2.32. The molecule has 0 aromatic carbocycles. The predicted molar refractivity (Wildman–Crippen MR) is 75.4 cm³/mol. The van der Waals surface area contributed by atoms with E-state index in [1.54, 1.807) is 17.8 Å². The Balaban J connectivity index is 1.62. The highest BCUT2D eigenvalue weighted by molar-refractivity contribution is 8.04. The number of ketones is 1. The summed E-state index contributed by atoms with van der Waals surface area (Å²) in [6, 6.07) is 0. The number of likely N-dealkylation sites (N-methyl/N-ethyl adjacent to an activating group) is 1. The van der Waals surface area contributed by atoms with Crippen LogP contribution in [0.3, 0.4) is 0 Å². The summed E-state index contributed by atoms with van der Waals surface area (Å²) in [4.78, 5) is 28.3. The van der Waals surface area contributed by atoms with Gasteiger partial charge in [-0.3, -0.25) is 9.59 Å². The molecule has 0 radical (unpaired) electrons. The summed E-state index contributed by atoms with van der Waals surface area (Å²) in [5, 5.41) is 0.344. The number of likely N-dealkylation sites (tertiary alicyclic amines) is 1. The Labute approximate surface area is 117 Å². The van der Waals surface area contributed by atoms with Crippen molar-refractivity contribution in [1.29, 1.82) is 0 Å². The van der Waals surface area contributed by atoms with Gasteiger partial charge in [-0.25, -0.2) is 0 Å². The molecule has 0 bridgehead atoms. The zero-order chi connectivity index (χ0) is 13.4. The van der Waals surface area contributed by atoms with E-state index in [4.69, 9.17) is 0 Å². The van der Waals surface area contributed by atoms with Gasteiger partial charge in [0.25, 0.3) is 0 Å². The second-order valence-corrected chi connectivity index (χ2v) is 6.44. The molecular weight excluding hydrogens is 260 g/mol.